The van der Waals surface area contributed by atoms with Crippen LogP contribution >= 0.6 is 0 Å². The molecule has 4 aromatic rings. The highest BCUT2D eigenvalue weighted by Gasteiger charge is 2.33. The molecule has 0 saturated carbocycles. The van der Waals surface area contributed by atoms with Gasteiger partial charge >= 0.3 is 0 Å². The summed E-state index contributed by atoms with van der Waals surface area (Å²) in [5, 5.41) is 25.1. The van der Waals surface area contributed by atoms with Crippen LogP contribution in [0.4, 0.5) is 0 Å². The molecule has 4 aromatic carbocycles. The molecule has 0 fully saturated rings. The highest BCUT2D eigenvalue weighted by Crippen LogP contribution is 2.31. The number of aliphatic hydroxyl groups is 2. The van der Waals surface area contributed by atoms with E-state index in [1.807, 2.05) is 48.5 Å². The fourth-order valence-electron chi connectivity index (χ4n) is 4.75. The quantitative estimate of drug-likeness (QED) is 0.263. The average Bonchev–Trinajstić information content (AvgIpc) is 3.00. The summed E-state index contributed by atoms with van der Waals surface area (Å²) in [5.74, 6) is 6.51. The van der Waals surface area contributed by atoms with Crippen molar-refractivity contribution in [2.24, 2.45) is 0 Å². The van der Waals surface area contributed by atoms with Gasteiger partial charge in [0, 0.05) is 22.3 Å². The molecule has 0 aliphatic rings. The Labute approximate surface area is 231 Å². The number of terminal acetylenes is 2. The second-order valence-electron chi connectivity index (χ2n) is 9.95. The van der Waals surface area contributed by atoms with E-state index in [4.69, 9.17) is 22.3 Å². The van der Waals surface area contributed by atoms with E-state index in [0.29, 0.717) is 33.8 Å². The van der Waals surface area contributed by atoms with Crippen LogP contribution in [0.25, 0.3) is 0 Å². The van der Waals surface area contributed by atoms with Gasteiger partial charge in [0.15, 0.2) is 11.2 Å². The molecule has 0 heterocycles. The van der Waals surface area contributed by atoms with E-state index >= 15 is 0 Å². The van der Waals surface area contributed by atoms with Crippen molar-refractivity contribution in [1.82, 2.24) is 0 Å². The van der Waals surface area contributed by atoms with Crippen LogP contribution in [0.2, 0.25) is 13.1 Å². The lowest BCUT2D eigenvalue weighted by atomic mass is 9.87. The first kappa shape index (κ1) is 27.8. The van der Waals surface area contributed by atoms with Gasteiger partial charge in [-0.3, -0.25) is 0 Å². The fourth-order valence-corrected chi connectivity index (χ4v) is 7.09. The van der Waals surface area contributed by atoms with Crippen molar-refractivity contribution in [1.29, 1.82) is 0 Å². The van der Waals surface area contributed by atoms with Crippen molar-refractivity contribution < 1.29 is 19.7 Å². The van der Waals surface area contributed by atoms with Gasteiger partial charge in [-0.25, -0.2) is 0 Å². The second-order valence-corrected chi connectivity index (χ2v) is 14.4. The molecule has 0 saturated heterocycles. The summed E-state index contributed by atoms with van der Waals surface area (Å²) in [4.78, 5) is 0. The maximum Gasteiger partial charge on any atom is 0.176 e. The van der Waals surface area contributed by atoms with Gasteiger partial charge in [0.05, 0.1) is 14.2 Å². The zero-order valence-corrected chi connectivity index (χ0v) is 23.6. The summed E-state index contributed by atoms with van der Waals surface area (Å²) >= 11 is 0. The lowest BCUT2D eigenvalue weighted by Crippen LogP contribution is -2.53. The van der Waals surface area contributed by atoms with Crippen molar-refractivity contribution in [3.8, 4) is 36.2 Å². The highest BCUT2D eigenvalue weighted by molar-refractivity contribution is 7.00. The van der Waals surface area contributed by atoms with Gasteiger partial charge in [0.1, 0.15) is 19.6 Å². The van der Waals surface area contributed by atoms with Crippen molar-refractivity contribution >= 4 is 18.4 Å². The predicted molar refractivity (Wildman–Crippen MR) is 159 cm³/mol. The topological polar surface area (TPSA) is 58.9 Å². The summed E-state index contributed by atoms with van der Waals surface area (Å²) in [6, 6.07) is 29.9. The van der Waals surface area contributed by atoms with Crippen molar-refractivity contribution in [3.63, 3.8) is 0 Å². The van der Waals surface area contributed by atoms with Gasteiger partial charge in [-0.05, 0) is 24.3 Å². The molecule has 2 N–H and O–H groups in total. The summed E-state index contributed by atoms with van der Waals surface area (Å²) in [7, 11) is 1.06. The Bertz CT molecular complexity index is 1390. The van der Waals surface area contributed by atoms with Crippen molar-refractivity contribution in [2.75, 3.05) is 14.2 Å². The SMILES string of the molecule is C#CC(O)(c1ccc(OC)cc1)c1ccc([Si](C)(C)c2ccc(C(O)(C#C)c3ccc(OC)cc3)cc2)cc1. The minimum Gasteiger partial charge on any atom is -0.497 e. The number of benzene rings is 4. The molecule has 0 aromatic heterocycles. The molecular weight excluding hydrogens is 500 g/mol. The lowest BCUT2D eigenvalue weighted by molar-refractivity contribution is 0.145. The maximum absolute atomic E-state index is 11.4. The smallest absolute Gasteiger partial charge is 0.176 e. The van der Waals surface area contributed by atoms with E-state index in [2.05, 4.69) is 24.9 Å². The summed E-state index contributed by atoms with van der Waals surface area (Å²) < 4.78 is 10.4. The zero-order chi connectivity index (χ0) is 28.3. The van der Waals surface area contributed by atoms with Gasteiger partial charge in [0.2, 0.25) is 0 Å². The van der Waals surface area contributed by atoms with E-state index in [-0.39, 0.29) is 0 Å². The molecule has 0 aliphatic carbocycles. The molecule has 4 rings (SSSR count). The van der Waals surface area contributed by atoms with Gasteiger partial charge in [-0.2, -0.15) is 0 Å². The van der Waals surface area contributed by atoms with Crippen LogP contribution in [-0.4, -0.2) is 32.5 Å². The molecule has 0 aliphatic heterocycles. The molecule has 0 spiro atoms. The summed E-state index contributed by atoms with van der Waals surface area (Å²) in [5.41, 5.74) is -0.666. The molecule has 0 amide bonds. The van der Waals surface area contributed by atoms with Gasteiger partial charge in [0.25, 0.3) is 0 Å². The Kier molecular flexibility index (Phi) is 7.72. The number of rotatable bonds is 8. The molecule has 196 valence electrons. The van der Waals surface area contributed by atoms with E-state index in [1.165, 1.54) is 10.4 Å². The van der Waals surface area contributed by atoms with Gasteiger partial charge in [-0.1, -0.05) is 108 Å². The van der Waals surface area contributed by atoms with Crippen LogP contribution in [0.5, 0.6) is 11.5 Å². The van der Waals surface area contributed by atoms with Gasteiger partial charge in [-0.15, -0.1) is 12.8 Å². The third kappa shape index (κ3) is 5.09. The fraction of sp³-hybridized carbons (Fsp3) is 0.176. The van der Waals surface area contributed by atoms with Crippen LogP contribution in [0.15, 0.2) is 97.1 Å². The van der Waals surface area contributed by atoms with Crippen molar-refractivity contribution in [2.45, 2.75) is 24.3 Å². The first-order valence-corrected chi connectivity index (χ1v) is 15.5. The van der Waals surface area contributed by atoms with Crippen LogP contribution in [0, 0.1) is 24.7 Å². The van der Waals surface area contributed by atoms with Gasteiger partial charge < -0.3 is 19.7 Å². The lowest BCUT2D eigenvalue weighted by Gasteiger charge is -2.28. The molecule has 5 heteroatoms. The molecule has 0 radical (unpaired) electrons. The average molecular weight is 533 g/mol. The molecular formula is C34H32O4Si. The Balaban J connectivity index is 1.61. The van der Waals surface area contributed by atoms with E-state index in [1.54, 1.807) is 62.8 Å². The van der Waals surface area contributed by atoms with E-state index < -0.39 is 19.3 Å². The molecule has 2 unspecified atom stereocenters. The third-order valence-corrected chi connectivity index (χ3v) is 11.0. The van der Waals surface area contributed by atoms with Crippen LogP contribution in [0.1, 0.15) is 22.3 Å². The number of ether oxygens (including phenoxy) is 2. The summed E-state index contributed by atoms with van der Waals surface area (Å²) in [6.07, 6.45) is 11.6. The number of methoxy groups -OCH3 is 2. The second kappa shape index (κ2) is 10.8. The van der Waals surface area contributed by atoms with Crippen LogP contribution in [-0.2, 0) is 11.2 Å². The van der Waals surface area contributed by atoms with E-state index in [0.717, 1.165) is 0 Å². The monoisotopic (exact) mass is 532 g/mol. The minimum atomic E-state index is -2.12. The standard InChI is InChI=1S/C34H32O4Si/c1-7-33(35,25-9-17-29(37-3)18-10-25)27-13-21-31(22-14-27)39(5,6)32-23-15-28(16-24-32)34(36,8-2)26-11-19-30(38-4)20-12-26/h1-2,9-24,35-36H,3-6H3. The Morgan fingerprint density at radius 3 is 1.03 bits per heavy atom. The first-order chi connectivity index (χ1) is 18.6. The van der Waals surface area contributed by atoms with Crippen LogP contribution in [0.3, 0.4) is 0 Å². The predicted octanol–water partition coefficient (Wildman–Crippen LogP) is 4.26. The summed E-state index contributed by atoms with van der Waals surface area (Å²) in [6.45, 7) is 4.51. The normalized spacial score (nSPS) is 14.3. The highest BCUT2D eigenvalue weighted by atomic mass is 28.3. The first-order valence-electron chi connectivity index (χ1n) is 12.5. The minimum absolute atomic E-state index is 0.600. The number of hydrogen-bond donors (Lipinski definition) is 2. The Morgan fingerprint density at radius 2 is 0.795 bits per heavy atom. The zero-order valence-electron chi connectivity index (χ0n) is 22.6. The molecule has 4 nitrogen and oxygen atoms in total. The molecule has 39 heavy (non-hydrogen) atoms. The Morgan fingerprint density at radius 1 is 0.538 bits per heavy atom. The number of hydrogen-bond acceptors (Lipinski definition) is 4. The van der Waals surface area contributed by atoms with E-state index in [9.17, 15) is 10.2 Å². The largest absolute Gasteiger partial charge is 0.497 e. The molecule has 0 bridgehead atoms. The molecule has 2 atom stereocenters. The Hall–Kier alpha value is -4.26. The third-order valence-electron chi connectivity index (χ3n) is 7.48. The van der Waals surface area contributed by atoms with Crippen molar-refractivity contribution in [3.05, 3.63) is 119 Å². The maximum atomic E-state index is 11.4. The van der Waals surface area contributed by atoms with Crippen LogP contribution < -0.4 is 19.8 Å².